The van der Waals surface area contributed by atoms with E-state index in [0.29, 0.717) is 0 Å². The fraction of sp³-hybridized carbons (Fsp3) is 0.0769. The molecule has 0 saturated heterocycles. The van der Waals surface area contributed by atoms with Gasteiger partial charge in [-0.25, -0.2) is 0 Å². The highest BCUT2D eigenvalue weighted by molar-refractivity contribution is 7.79. The summed E-state index contributed by atoms with van der Waals surface area (Å²) in [7, 11) is -2.53. The third-order valence-electron chi connectivity index (χ3n) is 2.83. The van der Waals surface area contributed by atoms with Gasteiger partial charge in [-0.2, -0.15) is 0 Å². The first-order chi connectivity index (χ1) is 7.81. The molecule has 2 nitrogen and oxygen atoms in total. The minimum absolute atomic E-state index is 0.288. The molecular weight excluding hydrogens is 219 g/mol. The van der Waals surface area contributed by atoms with Gasteiger partial charge in [-0.15, -0.1) is 0 Å². The second kappa shape index (κ2) is 3.50. The highest BCUT2D eigenvalue weighted by Gasteiger charge is 2.36. The van der Waals surface area contributed by atoms with E-state index in [1.807, 2.05) is 54.6 Å². The minimum Gasteiger partial charge on any atom is -0.484 e. The highest BCUT2D eigenvalue weighted by atomic mass is 31.2. The van der Waals surface area contributed by atoms with Crippen LogP contribution < -0.4 is 15.3 Å². The first kappa shape index (κ1) is 9.68. The Kier molecular flexibility index (Phi) is 2.12. The zero-order chi connectivity index (χ0) is 11.0. The summed E-state index contributed by atoms with van der Waals surface area (Å²) in [4.78, 5) is 0. The SMILES string of the molecule is O=P1(c2ccccc2)COc2ccccc21. The summed E-state index contributed by atoms with van der Waals surface area (Å²) in [5, 5.41) is 1.72. The van der Waals surface area contributed by atoms with E-state index in [2.05, 4.69) is 0 Å². The molecule has 1 atom stereocenters. The Morgan fingerprint density at radius 2 is 1.62 bits per heavy atom. The molecule has 3 rings (SSSR count). The normalized spacial score (nSPS) is 22.5. The molecule has 2 aromatic carbocycles. The lowest BCUT2D eigenvalue weighted by Gasteiger charge is -2.10. The zero-order valence-corrected chi connectivity index (χ0v) is 9.56. The lowest BCUT2D eigenvalue weighted by atomic mass is 10.3. The predicted molar refractivity (Wildman–Crippen MR) is 65.3 cm³/mol. The van der Waals surface area contributed by atoms with Crippen molar-refractivity contribution in [1.82, 2.24) is 0 Å². The van der Waals surface area contributed by atoms with Gasteiger partial charge in [-0.3, -0.25) is 0 Å². The van der Waals surface area contributed by atoms with Crippen molar-refractivity contribution in [3.05, 3.63) is 54.6 Å². The number of para-hydroxylation sites is 1. The number of fused-ring (bicyclic) bond motifs is 1. The van der Waals surface area contributed by atoms with Crippen molar-refractivity contribution in [1.29, 1.82) is 0 Å². The van der Waals surface area contributed by atoms with E-state index in [1.165, 1.54) is 0 Å². The topological polar surface area (TPSA) is 26.3 Å². The summed E-state index contributed by atoms with van der Waals surface area (Å²) in [5.74, 6) is 0.759. The molecule has 0 aliphatic carbocycles. The first-order valence-electron chi connectivity index (χ1n) is 5.18. The van der Waals surface area contributed by atoms with Crippen molar-refractivity contribution in [3.8, 4) is 5.75 Å². The van der Waals surface area contributed by atoms with E-state index < -0.39 is 7.14 Å². The van der Waals surface area contributed by atoms with Crippen molar-refractivity contribution in [2.45, 2.75) is 0 Å². The van der Waals surface area contributed by atoms with Crippen LogP contribution in [0, 0.1) is 0 Å². The maximum absolute atomic E-state index is 12.9. The van der Waals surface area contributed by atoms with E-state index in [1.54, 1.807) is 0 Å². The van der Waals surface area contributed by atoms with Crippen LogP contribution >= 0.6 is 7.14 Å². The summed E-state index contributed by atoms with van der Waals surface area (Å²) in [6.45, 7) is 0. The molecule has 0 saturated carbocycles. The molecular formula is C13H11O2P. The third-order valence-corrected chi connectivity index (χ3v) is 5.60. The lowest BCUT2D eigenvalue weighted by molar-refractivity contribution is 0.395. The summed E-state index contributed by atoms with van der Waals surface area (Å²) >= 11 is 0. The Hall–Kier alpha value is -1.53. The summed E-state index contributed by atoms with van der Waals surface area (Å²) in [6, 6.07) is 17.2. The first-order valence-corrected chi connectivity index (χ1v) is 7.07. The molecule has 0 aromatic heterocycles. The Morgan fingerprint density at radius 3 is 2.44 bits per heavy atom. The molecule has 1 unspecified atom stereocenters. The zero-order valence-electron chi connectivity index (χ0n) is 8.67. The van der Waals surface area contributed by atoms with Crippen LogP contribution in [0.5, 0.6) is 5.75 Å². The number of ether oxygens (including phenoxy) is 1. The largest absolute Gasteiger partial charge is 0.484 e. The number of benzene rings is 2. The second-order valence-electron chi connectivity index (χ2n) is 3.82. The van der Waals surface area contributed by atoms with Gasteiger partial charge in [0.2, 0.25) is 0 Å². The van der Waals surface area contributed by atoms with Crippen LogP contribution in [0.3, 0.4) is 0 Å². The van der Waals surface area contributed by atoms with E-state index in [9.17, 15) is 4.57 Å². The molecule has 1 heterocycles. The summed E-state index contributed by atoms with van der Waals surface area (Å²) in [6.07, 6.45) is 0.288. The predicted octanol–water partition coefficient (Wildman–Crippen LogP) is 2.35. The lowest BCUT2D eigenvalue weighted by Crippen LogP contribution is -2.13. The van der Waals surface area contributed by atoms with Crippen LogP contribution in [0.1, 0.15) is 0 Å². The maximum Gasteiger partial charge on any atom is 0.182 e. The molecule has 0 spiro atoms. The molecule has 16 heavy (non-hydrogen) atoms. The van der Waals surface area contributed by atoms with Gasteiger partial charge in [0.1, 0.15) is 12.1 Å². The van der Waals surface area contributed by atoms with Crippen molar-refractivity contribution in [2.24, 2.45) is 0 Å². The average molecular weight is 230 g/mol. The van der Waals surface area contributed by atoms with Crippen molar-refractivity contribution >= 4 is 17.8 Å². The molecule has 1 aliphatic heterocycles. The second-order valence-corrected chi connectivity index (χ2v) is 6.55. The Labute approximate surface area is 94.3 Å². The van der Waals surface area contributed by atoms with Crippen molar-refractivity contribution in [3.63, 3.8) is 0 Å². The minimum atomic E-state index is -2.53. The van der Waals surface area contributed by atoms with Crippen LogP contribution in [0.25, 0.3) is 0 Å². The summed E-state index contributed by atoms with van der Waals surface area (Å²) < 4.78 is 18.4. The van der Waals surface area contributed by atoms with Gasteiger partial charge < -0.3 is 9.30 Å². The molecule has 0 radical (unpaired) electrons. The molecule has 0 fully saturated rings. The van der Waals surface area contributed by atoms with Gasteiger partial charge in [0, 0.05) is 5.30 Å². The van der Waals surface area contributed by atoms with Gasteiger partial charge in [-0.1, -0.05) is 42.5 Å². The molecule has 80 valence electrons. The standard InChI is InChI=1S/C13H11O2P/c14-16(11-6-2-1-3-7-11)10-15-12-8-4-5-9-13(12)16/h1-9H,10H2. The maximum atomic E-state index is 12.9. The van der Waals surface area contributed by atoms with E-state index >= 15 is 0 Å². The van der Waals surface area contributed by atoms with Crippen molar-refractivity contribution < 1.29 is 9.30 Å². The molecule has 3 heteroatoms. The van der Waals surface area contributed by atoms with Crippen LogP contribution in [-0.4, -0.2) is 6.35 Å². The number of rotatable bonds is 1. The van der Waals surface area contributed by atoms with Gasteiger partial charge in [-0.05, 0) is 12.1 Å². The molecule has 2 aromatic rings. The van der Waals surface area contributed by atoms with Crippen LogP contribution in [0.4, 0.5) is 0 Å². The smallest absolute Gasteiger partial charge is 0.182 e. The molecule has 0 N–H and O–H groups in total. The monoisotopic (exact) mass is 230 g/mol. The fourth-order valence-electron chi connectivity index (χ4n) is 1.99. The van der Waals surface area contributed by atoms with Gasteiger partial charge >= 0.3 is 0 Å². The summed E-state index contributed by atoms with van der Waals surface area (Å²) in [5.41, 5.74) is 0. The average Bonchev–Trinajstić information content (AvgIpc) is 2.71. The number of hydrogen-bond donors (Lipinski definition) is 0. The Morgan fingerprint density at radius 1 is 0.938 bits per heavy atom. The van der Waals surface area contributed by atoms with Gasteiger partial charge in [0.15, 0.2) is 7.14 Å². The highest BCUT2D eigenvalue weighted by Crippen LogP contribution is 2.50. The van der Waals surface area contributed by atoms with Crippen molar-refractivity contribution in [2.75, 3.05) is 6.35 Å². The number of hydrogen-bond acceptors (Lipinski definition) is 2. The third kappa shape index (κ3) is 1.30. The fourth-order valence-corrected chi connectivity index (χ4v) is 4.35. The van der Waals surface area contributed by atoms with Crippen LogP contribution in [-0.2, 0) is 4.57 Å². The van der Waals surface area contributed by atoms with E-state index in [0.717, 1.165) is 16.4 Å². The molecule has 1 aliphatic rings. The van der Waals surface area contributed by atoms with Crippen LogP contribution in [0.2, 0.25) is 0 Å². The molecule has 0 amide bonds. The Balaban J connectivity index is 2.20. The van der Waals surface area contributed by atoms with E-state index in [-0.39, 0.29) is 6.35 Å². The quantitative estimate of drug-likeness (QED) is 0.703. The van der Waals surface area contributed by atoms with Crippen LogP contribution in [0.15, 0.2) is 54.6 Å². The van der Waals surface area contributed by atoms with E-state index in [4.69, 9.17) is 4.74 Å². The van der Waals surface area contributed by atoms with Gasteiger partial charge in [0.05, 0.1) is 5.30 Å². The Bertz CT molecular complexity index is 563. The van der Waals surface area contributed by atoms with Gasteiger partial charge in [0.25, 0.3) is 0 Å². The molecule has 0 bridgehead atoms.